The molecule has 164 valence electrons. The lowest BCUT2D eigenvalue weighted by atomic mass is 9.89. The van der Waals surface area contributed by atoms with E-state index < -0.39 is 0 Å². The van der Waals surface area contributed by atoms with E-state index in [1.54, 1.807) is 0 Å². The van der Waals surface area contributed by atoms with Crippen LogP contribution in [0, 0.1) is 12.8 Å². The third kappa shape index (κ3) is 5.43. The van der Waals surface area contributed by atoms with Crippen LogP contribution < -0.4 is 0 Å². The molecule has 1 aromatic carbocycles. The Hall–Kier alpha value is -2.88. The molecule has 0 unspecified atom stereocenters. The number of hydrogen-bond donors (Lipinski definition) is 0. The first-order valence-corrected chi connectivity index (χ1v) is 11.2. The molecular formula is C27H35N3O. The first-order chi connectivity index (χ1) is 14.8. The molecule has 4 nitrogen and oxygen atoms in total. The highest BCUT2D eigenvalue weighted by atomic mass is 16.2. The molecule has 0 N–H and O–H groups in total. The second-order valence-corrected chi connectivity index (χ2v) is 8.93. The van der Waals surface area contributed by atoms with Crippen LogP contribution in [-0.4, -0.2) is 27.1 Å². The third-order valence-corrected chi connectivity index (χ3v) is 5.93. The van der Waals surface area contributed by atoms with Gasteiger partial charge in [-0.15, -0.1) is 0 Å². The van der Waals surface area contributed by atoms with Gasteiger partial charge in [0.25, 0.3) is 5.91 Å². The van der Waals surface area contributed by atoms with Crippen LogP contribution in [0.1, 0.15) is 51.2 Å². The highest BCUT2D eigenvalue weighted by Crippen LogP contribution is 2.30. The van der Waals surface area contributed by atoms with Crippen LogP contribution in [-0.2, 0) is 18.4 Å². The number of aromatic nitrogens is 2. The number of nitrogens with zero attached hydrogens (tertiary/aromatic N) is 3. The maximum Gasteiger partial charge on any atom is 0.254 e. The predicted molar refractivity (Wildman–Crippen MR) is 128 cm³/mol. The SMILES string of the molecule is C=C(CCC(C)C)C1=C(/C=C\C)CCN(Cc2ccc(-c3ccn(C)n3)cc2C)C1=O. The molecule has 0 fully saturated rings. The molecule has 0 aliphatic carbocycles. The van der Waals surface area contributed by atoms with Crippen molar-refractivity contribution in [2.45, 2.75) is 53.5 Å². The number of carbonyl (C=O) groups excluding carboxylic acids is 1. The lowest BCUT2D eigenvalue weighted by molar-refractivity contribution is -0.128. The highest BCUT2D eigenvalue weighted by molar-refractivity contribution is 5.99. The zero-order chi connectivity index (χ0) is 22.5. The molecule has 1 aliphatic heterocycles. The van der Waals surface area contributed by atoms with Gasteiger partial charge in [0, 0.05) is 37.5 Å². The quantitative estimate of drug-likeness (QED) is 0.529. The summed E-state index contributed by atoms with van der Waals surface area (Å²) in [5.74, 6) is 0.707. The van der Waals surface area contributed by atoms with Crippen molar-refractivity contribution in [3.63, 3.8) is 0 Å². The predicted octanol–water partition coefficient (Wildman–Crippen LogP) is 5.99. The van der Waals surface area contributed by atoms with Gasteiger partial charge in [-0.2, -0.15) is 5.10 Å². The average molecular weight is 418 g/mol. The molecule has 0 saturated heterocycles. The van der Waals surface area contributed by atoms with E-state index in [9.17, 15) is 4.79 Å². The summed E-state index contributed by atoms with van der Waals surface area (Å²) in [5.41, 5.74) is 7.35. The van der Waals surface area contributed by atoms with Gasteiger partial charge in [0.2, 0.25) is 0 Å². The minimum absolute atomic E-state index is 0.112. The largest absolute Gasteiger partial charge is 0.334 e. The van der Waals surface area contributed by atoms with E-state index in [2.05, 4.69) is 56.7 Å². The van der Waals surface area contributed by atoms with Gasteiger partial charge in [-0.1, -0.05) is 44.7 Å². The topological polar surface area (TPSA) is 38.1 Å². The molecule has 0 bridgehead atoms. The first kappa shape index (κ1) is 22.8. The minimum atomic E-state index is 0.112. The second-order valence-electron chi connectivity index (χ2n) is 8.93. The van der Waals surface area contributed by atoms with Crippen molar-refractivity contribution in [2.24, 2.45) is 13.0 Å². The zero-order valence-electron chi connectivity index (χ0n) is 19.6. The van der Waals surface area contributed by atoms with Gasteiger partial charge in [0.1, 0.15) is 0 Å². The summed E-state index contributed by atoms with van der Waals surface area (Å²) in [6.07, 6.45) is 8.84. The van der Waals surface area contributed by atoms with E-state index in [1.807, 2.05) is 41.9 Å². The van der Waals surface area contributed by atoms with Gasteiger partial charge in [-0.3, -0.25) is 9.48 Å². The summed E-state index contributed by atoms with van der Waals surface area (Å²) in [6, 6.07) is 8.41. The normalized spacial score (nSPS) is 14.9. The van der Waals surface area contributed by atoms with Crippen molar-refractivity contribution in [3.05, 3.63) is 77.0 Å². The molecule has 0 radical (unpaired) electrons. The maximum atomic E-state index is 13.5. The molecule has 0 atom stereocenters. The molecule has 1 aliphatic rings. The Labute approximate surface area is 187 Å². The summed E-state index contributed by atoms with van der Waals surface area (Å²) in [4.78, 5) is 15.4. The number of rotatable bonds is 8. The van der Waals surface area contributed by atoms with Crippen molar-refractivity contribution in [2.75, 3.05) is 6.54 Å². The zero-order valence-corrected chi connectivity index (χ0v) is 19.6. The number of hydrogen-bond acceptors (Lipinski definition) is 2. The second kappa shape index (κ2) is 9.95. The molecule has 1 aromatic heterocycles. The van der Waals surface area contributed by atoms with Crippen molar-refractivity contribution >= 4 is 5.91 Å². The first-order valence-electron chi connectivity index (χ1n) is 11.2. The summed E-state index contributed by atoms with van der Waals surface area (Å²) in [6.45, 7) is 14.2. The molecule has 1 amide bonds. The van der Waals surface area contributed by atoms with E-state index in [4.69, 9.17) is 0 Å². The van der Waals surface area contributed by atoms with Crippen molar-refractivity contribution in [1.29, 1.82) is 0 Å². The van der Waals surface area contributed by atoms with Gasteiger partial charge in [-0.25, -0.2) is 0 Å². The van der Waals surface area contributed by atoms with Crippen LogP contribution in [0.15, 0.2) is 65.9 Å². The number of allylic oxidation sites excluding steroid dienone is 2. The van der Waals surface area contributed by atoms with Crippen LogP contribution >= 0.6 is 0 Å². The molecule has 31 heavy (non-hydrogen) atoms. The molecule has 3 rings (SSSR count). The minimum Gasteiger partial charge on any atom is -0.334 e. The number of benzene rings is 1. The van der Waals surface area contributed by atoms with Crippen LogP contribution in [0.25, 0.3) is 11.3 Å². The van der Waals surface area contributed by atoms with Crippen LogP contribution in [0.3, 0.4) is 0 Å². The Morgan fingerprint density at radius 3 is 2.68 bits per heavy atom. The van der Waals surface area contributed by atoms with Gasteiger partial charge < -0.3 is 4.90 Å². The Morgan fingerprint density at radius 1 is 1.29 bits per heavy atom. The van der Waals surface area contributed by atoms with E-state index in [0.717, 1.165) is 53.8 Å². The fourth-order valence-electron chi connectivity index (χ4n) is 4.07. The average Bonchev–Trinajstić information content (AvgIpc) is 3.16. The fourth-order valence-corrected chi connectivity index (χ4v) is 4.07. The Kier molecular flexibility index (Phi) is 7.32. The molecular weight excluding hydrogens is 382 g/mol. The number of carbonyl (C=O) groups is 1. The molecule has 2 heterocycles. The summed E-state index contributed by atoms with van der Waals surface area (Å²) < 4.78 is 1.81. The molecule has 0 spiro atoms. The van der Waals surface area contributed by atoms with Crippen molar-refractivity contribution in [3.8, 4) is 11.3 Å². The van der Waals surface area contributed by atoms with Crippen molar-refractivity contribution < 1.29 is 4.79 Å². The third-order valence-electron chi connectivity index (χ3n) is 5.93. The molecule has 0 saturated carbocycles. The molecule has 4 heteroatoms. The lowest BCUT2D eigenvalue weighted by Gasteiger charge is -2.31. The van der Waals surface area contributed by atoms with Crippen molar-refractivity contribution in [1.82, 2.24) is 14.7 Å². The maximum absolute atomic E-state index is 13.5. The number of amides is 1. The highest BCUT2D eigenvalue weighted by Gasteiger charge is 2.28. The van der Waals surface area contributed by atoms with Gasteiger partial charge in [-0.05, 0) is 73.4 Å². The van der Waals surface area contributed by atoms with Gasteiger partial charge >= 0.3 is 0 Å². The van der Waals surface area contributed by atoms with E-state index >= 15 is 0 Å². The molecule has 2 aromatic rings. The Balaban J connectivity index is 1.81. The number of aryl methyl sites for hydroxylation is 2. The summed E-state index contributed by atoms with van der Waals surface area (Å²) in [7, 11) is 1.93. The van der Waals surface area contributed by atoms with E-state index in [1.165, 1.54) is 11.1 Å². The van der Waals surface area contributed by atoms with Crippen LogP contribution in [0.5, 0.6) is 0 Å². The smallest absolute Gasteiger partial charge is 0.254 e. The Morgan fingerprint density at radius 2 is 2.06 bits per heavy atom. The van der Waals surface area contributed by atoms with Crippen LogP contribution in [0.2, 0.25) is 0 Å². The monoisotopic (exact) mass is 417 g/mol. The van der Waals surface area contributed by atoms with Crippen LogP contribution in [0.4, 0.5) is 0 Å². The standard InChI is InChI=1S/C27H35N3O/c1-7-8-22-13-16-30(27(31)26(22)20(4)10-9-19(2)3)18-24-12-11-23(17-21(24)5)25-14-15-29(6)28-25/h7-8,11-12,14-15,17,19H,4,9-10,13,16,18H2,1-3,5-6H3/b8-7-. The lowest BCUT2D eigenvalue weighted by Crippen LogP contribution is -2.37. The van der Waals surface area contributed by atoms with E-state index in [-0.39, 0.29) is 5.91 Å². The van der Waals surface area contributed by atoms with Gasteiger partial charge in [0.15, 0.2) is 0 Å². The fraction of sp³-hybridized carbons (Fsp3) is 0.407. The summed E-state index contributed by atoms with van der Waals surface area (Å²) >= 11 is 0. The Bertz CT molecular complexity index is 1020. The van der Waals surface area contributed by atoms with E-state index in [0.29, 0.717) is 12.5 Å². The summed E-state index contributed by atoms with van der Waals surface area (Å²) in [5, 5.41) is 4.49. The van der Waals surface area contributed by atoms with Gasteiger partial charge in [0.05, 0.1) is 5.69 Å².